The number of nitro groups is 1. The number of carbonyl (C=O) groups is 1. The van der Waals surface area contributed by atoms with E-state index >= 15 is 0 Å². The Morgan fingerprint density at radius 2 is 1.88 bits per heavy atom. The monoisotopic (exact) mass is 468 g/mol. The molecule has 0 amide bonds. The maximum Gasteiger partial charge on any atom is 0.335 e. The van der Waals surface area contributed by atoms with Crippen molar-refractivity contribution >= 4 is 17.2 Å². The van der Waals surface area contributed by atoms with Gasteiger partial charge in [0.05, 0.1) is 17.1 Å². The maximum atomic E-state index is 12.0. The van der Waals surface area contributed by atoms with Crippen LogP contribution < -0.4 is 4.74 Å². The minimum atomic E-state index is -0.605. The Hall–Kier alpha value is -3.23. The van der Waals surface area contributed by atoms with E-state index in [2.05, 4.69) is 11.0 Å². The third-order valence-corrected chi connectivity index (χ3v) is 5.68. The van der Waals surface area contributed by atoms with Crippen molar-refractivity contribution in [2.75, 3.05) is 39.5 Å². The van der Waals surface area contributed by atoms with Gasteiger partial charge in [0, 0.05) is 38.7 Å². The van der Waals surface area contributed by atoms with Gasteiger partial charge in [0.15, 0.2) is 6.10 Å². The molecular weight excluding hydrogens is 436 g/mol. The Morgan fingerprint density at radius 1 is 1.12 bits per heavy atom. The first-order chi connectivity index (χ1) is 16.5. The molecule has 1 heterocycles. The van der Waals surface area contributed by atoms with Crippen LogP contribution in [0.3, 0.4) is 0 Å². The summed E-state index contributed by atoms with van der Waals surface area (Å²) in [6, 6.07) is 14.6. The van der Waals surface area contributed by atoms with Crippen LogP contribution in [-0.4, -0.2) is 61.4 Å². The van der Waals surface area contributed by atoms with E-state index in [0.29, 0.717) is 31.8 Å². The van der Waals surface area contributed by atoms with E-state index in [9.17, 15) is 14.9 Å². The number of esters is 1. The quantitative estimate of drug-likeness (QED) is 0.261. The Kier molecular flexibility index (Phi) is 9.61. The topological polar surface area (TPSA) is 91.1 Å². The van der Waals surface area contributed by atoms with Crippen molar-refractivity contribution in [2.45, 2.75) is 32.8 Å². The summed E-state index contributed by atoms with van der Waals surface area (Å²) in [4.78, 5) is 25.3. The van der Waals surface area contributed by atoms with Crippen LogP contribution in [0.2, 0.25) is 0 Å². The van der Waals surface area contributed by atoms with Crippen molar-refractivity contribution in [1.82, 2.24) is 4.90 Å². The molecule has 1 aliphatic heterocycles. The van der Waals surface area contributed by atoms with E-state index in [1.165, 1.54) is 0 Å². The summed E-state index contributed by atoms with van der Waals surface area (Å²) >= 11 is 0. The van der Waals surface area contributed by atoms with E-state index < -0.39 is 6.10 Å². The number of hydrogen-bond donors (Lipinski definition) is 0. The van der Waals surface area contributed by atoms with Crippen LogP contribution in [0.4, 0.5) is 5.69 Å². The van der Waals surface area contributed by atoms with Crippen LogP contribution in [0.25, 0.3) is 5.57 Å². The molecule has 0 aromatic heterocycles. The van der Waals surface area contributed by atoms with Crippen LogP contribution in [0.1, 0.15) is 31.4 Å². The lowest BCUT2D eigenvalue weighted by Gasteiger charge is -2.26. The van der Waals surface area contributed by atoms with Crippen molar-refractivity contribution in [1.29, 1.82) is 0 Å². The minimum Gasteiger partial charge on any atom is -0.492 e. The molecule has 2 aromatic carbocycles. The molecule has 2 aromatic rings. The molecule has 0 spiro atoms. The first-order valence-electron chi connectivity index (χ1n) is 11.7. The summed E-state index contributed by atoms with van der Waals surface area (Å²) in [5.41, 5.74) is 2.86. The maximum absolute atomic E-state index is 12.0. The fraction of sp³-hybridized carbons (Fsp3) is 0.423. The van der Waals surface area contributed by atoms with E-state index in [-0.39, 0.29) is 16.6 Å². The molecule has 0 N–H and O–H groups in total. The first-order valence-corrected chi connectivity index (χ1v) is 11.7. The standard InChI is InChI=1S/C26H32N2O6/c1-3-32-25(26(29)33-4-2)19-20-9-11-22(12-10-20)34-18-17-27-15-13-21(14-16-27)23-7-5-6-8-24(23)28(30)31/h5-13,25H,3-4,14-19H2,1-2H3. The molecule has 1 aliphatic rings. The summed E-state index contributed by atoms with van der Waals surface area (Å²) in [6.07, 6.45) is 2.68. The highest BCUT2D eigenvalue weighted by Gasteiger charge is 2.21. The molecule has 0 aliphatic carbocycles. The third-order valence-electron chi connectivity index (χ3n) is 5.68. The summed E-state index contributed by atoms with van der Waals surface area (Å²) < 4.78 is 16.5. The Bertz CT molecular complexity index is 989. The molecular formula is C26H32N2O6. The zero-order chi connectivity index (χ0) is 24.3. The molecule has 0 saturated heterocycles. The van der Waals surface area contributed by atoms with Crippen LogP contribution in [0.5, 0.6) is 5.75 Å². The Balaban J connectivity index is 1.46. The average Bonchev–Trinajstić information content (AvgIpc) is 2.85. The van der Waals surface area contributed by atoms with Gasteiger partial charge >= 0.3 is 5.97 Å². The van der Waals surface area contributed by atoms with Crippen LogP contribution in [-0.2, 0) is 20.7 Å². The number of para-hydroxylation sites is 1. The lowest BCUT2D eigenvalue weighted by atomic mass is 9.98. The molecule has 182 valence electrons. The zero-order valence-corrected chi connectivity index (χ0v) is 19.8. The predicted octanol–water partition coefficient (Wildman–Crippen LogP) is 4.27. The van der Waals surface area contributed by atoms with Gasteiger partial charge in [-0.05, 0) is 49.6 Å². The van der Waals surface area contributed by atoms with Crippen LogP contribution >= 0.6 is 0 Å². The van der Waals surface area contributed by atoms with E-state index in [1.54, 1.807) is 19.1 Å². The minimum absolute atomic E-state index is 0.156. The summed E-state index contributed by atoms with van der Waals surface area (Å²) in [7, 11) is 0. The molecule has 8 nitrogen and oxygen atoms in total. The third kappa shape index (κ3) is 7.13. The molecule has 0 fully saturated rings. The van der Waals surface area contributed by atoms with E-state index in [0.717, 1.165) is 42.9 Å². The van der Waals surface area contributed by atoms with Crippen molar-refractivity contribution in [3.8, 4) is 5.75 Å². The molecule has 34 heavy (non-hydrogen) atoms. The van der Waals surface area contributed by atoms with Gasteiger partial charge in [-0.2, -0.15) is 0 Å². The van der Waals surface area contributed by atoms with E-state index in [4.69, 9.17) is 14.2 Å². The van der Waals surface area contributed by atoms with E-state index in [1.807, 2.05) is 43.3 Å². The highest BCUT2D eigenvalue weighted by atomic mass is 16.6. The van der Waals surface area contributed by atoms with Gasteiger partial charge in [0.25, 0.3) is 5.69 Å². The van der Waals surface area contributed by atoms with Crippen molar-refractivity contribution < 1.29 is 23.9 Å². The summed E-state index contributed by atoms with van der Waals surface area (Å²) in [5.74, 6) is 0.422. The van der Waals surface area contributed by atoms with Crippen LogP contribution in [0, 0.1) is 10.1 Å². The molecule has 0 bridgehead atoms. The number of nitro benzene ring substituents is 1. The van der Waals surface area contributed by atoms with Gasteiger partial charge in [-0.15, -0.1) is 0 Å². The largest absolute Gasteiger partial charge is 0.492 e. The van der Waals surface area contributed by atoms with Gasteiger partial charge in [-0.1, -0.05) is 30.3 Å². The summed E-state index contributed by atoms with van der Waals surface area (Å²) in [5, 5.41) is 11.3. The van der Waals surface area contributed by atoms with Gasteiger partial charge < -0.3 is 14.2 Å². The highest BCUT2D eigenvalue weighted by Crippen LogP contribution is 2.29. The number of ether oxygens (including phenoxy) is 3. The molecule has 1 unspecified atom stereocenters. The molecule has 3 rings (SSSR count). The second kappa shape index (κ2) is 12.9. The predicted molar refractivity (Wildman–Crippen MR) is 130 cm³/mol. The first kappa shape index (κ1) is 25.4. The lowest BCUT2D eigenvalue weighted by Crippen LogP contribution is -2.32. The normalized spacial score (nSPS) is 14.8. The molecule has 1 atom stereocenters. The lowest BCUT2D eigenvalue weighted by molar-refractivity contribution is -0.385. The van der Waals surface area contributed by atoms with Gasteiger partial charge in [0.2, 0.25) is 0 Å². The number of benzene rings is 2. The van der Waals surface area contributed by atoms with Gasteiger partial charge in [-0.25, -0.2) is 4.79 Å². The van der Waals surface area contributed by atoms with Gasteiger partial charge in [0.1, 0.15) is 12.4 Å². The highest BCUT2D eigenvalue weighted by molar-refractivity contribution is 5.75. The molecule has 0 saturated carbocycles. The Labute approximate surface area is 200 Å². The molecule has 8 heteroatoms. The number of hydrogen-bond acceptors (Lipinski definition) is 7. The van der Waals surface area contributed by atoms with Crippen molar-refractivity contribution in [2.24, 2.45) is 0 Å². The fourth-order valence-electron chi connectivity index (χ4n) is 3.94. The average molecular weight is 469 g/mol. The van der Waals surface area contributed by atoms with Crippen LogP contribution in [0.15, 0.2) is 54.6 Å². The van der Waals surface area contributed by atoms with Crippen molar-refractivity contribution in [3.63, 3.8) is 0 Å². The number of nitrogens with zero attached hydrogens (tertiary/aromatic N) is 2. The molecule has 0 radical (unpaired) electrons. The van der Waals surface area contributed by atoms with Crippen molar-refractivity contribution in [3.05, 3.63) is 75.8 Å². The summed E-state index contributed by atoms with van der Waals surface area (Å²) in [6.45, 7) is 7.27. The SMILES string of the molecule is CCOC(=O)C(Cc1ccc(OCCN2CC=C(c3ccccc3[N+](=O)[O-])CC2)cc1)OCC. The number of carbonyl (C=O) groups excluding carboxylic acids is 1. The fourth-order valence-corrected chi connectivity index (χ4v) is 3.94. The zero-order valence-electron chi connectivity index (χ0n) is 19.8. The smallest absolute Gasteiger partial charge is 0.335 e. The Morgan fingerprint density at radius 3 is 2.53 bits per heavy atom. The second-order valence-corrected chi connectivity index (χ2v) is 7.95. The second-order valence-electron chi connectivity index (χ2n) is 7.95. The number of rotatable bonds is 12. The van der Waals surface area contributed by atoms with Gasteiger partial charge in [-0.3, -0.25) is 15.0 Å².